The molecule has 0 fully saturated rings. The van der Waals surface area contributed by atoms with Crippen LogP contribution in [0.2, 0.25) is 0 Å². The molecule has 6 nitrogen and oxygen atoms in total. The Balaban J connectivity index is 0.000000144. The number of imidazole rings is 2. The summed E-state index contributed by atoms with van der Waals surface area (Å²) in [6.45, 7) is 18.9. The van der Waals surface area contributed by atoms with Crippen LogP contribution in [0.1, 0.15) is 99.9 Å². The molecule has 4 aromatic heterocycles. The van der Waals surface area contributed by atoms with E-state index in [0.717, 1.165) is 145 Å². The Morgan fingerprint density at radius 1 is 0.181 bits per heavy atom. The molecule has 19 aromatic carbocycles. The zero-order valence-corrected chi connectivity index (χ0v) is 78.3. The smallest absolute Gasteiger partial charge is 0.145 e. The molecule has 0 bridgehead atoms. The number of nitrogens with zero attached hydrogens (tertiary/aromatic N) is 6. The molecule has 6 heteroatoms. The van der Waals surface area contributed by atoms with Crippen LogP contribution in [0.25, 0.3) is 223 Å². The fraction of sp³-hybridized carbons (Fsp3) is 0.0909. The van der Waals surface area contributed by atoms with E-state index < -0.39 is 0 Å². The molecule has 0 radical (unpaired) electrons. The molecule has 0 unspecified atom stereocenters. The highest BCUT2D eigenvalue weighted by atomic mass is 15.1. The number of para-hydroxylation sites is 1. The lowest BCUT2D eigenvalue weighted by molar-refractivity contribution is 0.660. The quantitative estimate of drug-likeness (QED) is 0.114. The normalized spacial score (nSPS) is 13.9. The van der Waals surface area contributed by atoms with E-state index in [1.165, 1.54) is 122 Å². The van der Waals surface area contributed by atoms with E-state index in [1.54, 1.807) is 0 Å². The standard InChI is InChI=1S/C70H51N3.C62H45N3/c1-69(2)60-30-18-16-27-52(60)54-38-34-48(40-62(54)69)57-42-59-58(43-64(71-66(59)56-29-15-14-26-51(56)57)49-35-39-55-53-28-17-19-31-61(53)70(3,4)63(55)41-49)44-32-36-50(37-33-44)73-67(46-22-10-6-11-23-46)65(45-20-8-5-9-21-45)72-68(73)47-24-12-7-13-25-47;1-61(2)52-25-15-13-22-44(52)46-30-27-39(33-54(46)61)49-36-51-50(40-29-32-58-57(35-40)64-60(38-17-7-5-8-18-38)65(58)42-19-9-6-10-20-42)37-56(63-59(51)48-24-12-11-21-43(48)49)41-28-31-47-45-23-14-16-26-53(45)62(3,4)55(47)34-41/h5-43H,1-4H3;5-37H,1-4H3. The van der Waals surface area contributed by atoms with Gasteiger partial charge in [-0.3, -0.25) is 9.13 Å². The topological polar surface area (TPSA) is 61.4 Å². The van der Waals surface area contributed by atoms with Gasteiger partial charge in [0.25, 0.3) is 0 Å². The molecule has 0 atom stereocenters. The average molecular weight is 1770 g/mol. The molecule has 0 amide bonds. The predicted molar refractivity (Wildman–Crippen MR) is 575 cm³/mol. The first-order valence-electron chi connectivity index (χ1n) is 48.2. The molecule has 654 valence electrons. The first kappa shape index (κ1) is 81.9. The minimum atomic E-state index is -0.143. The van der Waals surface area contributed by atoms with Gasteiger partial charge in [-0.25, -0.2) is 19.9 Å². The summed E-state index contributed by atoms with van der Waals surface area (Å²) in [5.74, 6) is 1.81. The summed E-state index contributed by atoms with van der Waals surface area (Å²) in [7, 11) is 0. The zero-order valence-electron chi connectivity index (χ0n) is 78.3. The molecule has 0 aliphatic heterocycles. The van der Waals surface area contributed by atoms with Gasteiger partial charge in [0.05, 0.1) is 44.8 Å². The number of fused-ring (bicyclic) bond motifs is 19. The van der Waals surface area contributed by atoms with Crippen LogP contribution in [-0.2, 0) is 21.7 Å². The minimum Gasteiger partial charge on any atom is -0.292 e. The van der Waals surface area contributed by atoms with Crippen LogP contribution >= 0.6 is 0 Å². The Morgan fingerprint density at radius 2 is 0.486 bits per heavy atom. The molecule has 0 saturated carbocycles. The third-order valence-electron chi connectivity index (χ3n) is 30.6. The van der Waals surface area contributed by atoms with E-state index in [4.69, 9.17) is 19.9 Å². The second kappa shape index (κ2) is 31.4. The Bertz CT molecular complexity index is 8960. The maximum atomic E-state index is 5.70. The van der Waals surface area contributed by atoms with Gasteiger partial charge in [0.1, 0.15) is 11.6 Å². The summed E-state index contributed by atoms with van der Waals surface area (Å²) in [6, 6.07) is 160. The third-order valence-corrected chi connectivity index (χ3v) is 30.6. The van der Waals surface area contributed by atoms with Crippen molar-refractivity contribution in [2.75, 3.05) is 0 Å². The Kier molecular flexibility index (Phi) is 18.6. The molecule has 23 aromatic rings. The van der Waals surface area contributed by atoms with Gasteiger partial charge in [0.2, 0.25) is 0 Å². The van der Waals surface area contributed by atoms with Gasteiger partial charge in [-0.1, -0.05) is 407 Å². The first-order valence-corrected chi connectivity index (χ1v) is 48.2. The molecule has 0 spiro atoms. The summed E-state index contributed by atoms with van der Waals surface area (Å²) >= 11 is 0. The van der Waals surface area contributed by atoms with Crippen LogP contribution in [0, 0.1) is 0 Å². The van der Waals surface area contributed by atoms with Crippen LogP contribution < -0.4 is 0 Å². The predicted octanol–water partition coefficient (Wildman–Crippen LogP) is 34.2. The highest BCUT2D eigenvalue weighted by Gasteiger charge is 2.41. The summed E-state index contributed by atoms with van der Waals surface area (Å²) in [6.07, 6.45) is 0. The SMILES string of the molecule is CC1(C)c2ccccc2-c2ccc(-c3cc(-c4ccc(-n5c(-c6ccccc6)nc(-c6ccccc6)c5-c5ccccc5)cc4)c4cc(-c5ccc6c(c5)C(C)(C)c5ccccc5-6)c5ccccc5c4n3)cc21.CC1(C)c2ccccc2-c2ccc(-c3cc(-c4ccc5c(c4)nc(-c4ccccc4)n5-c4ccccc4)c4cc(-c5ccc6c(c5)C(C)(C)c5ccccc5-6)c5ccccc5c4n3)cc21. The molecular formula is C132H96N6. The summed E-state index contributed by atoms with van der Waals surface area (Å²) in [5, 5.41) is 6.89. The second-order valence-corrected chi connectivity index (χ2v) is 39.9. The number of rotatable bonds is 12. The van der Waals surface area contributed by atoms with Gasteiger partial charge in [-0.2, -0.15) is 0 Å². The van der Waals surface area contributed by atoms with Crippen molar-refractivity contribution in [1.29, 1.82) is 0 Å². The monoisotopic (exact) mass is 1760 g/mol. The van der Waals surface area contributed by atoms with Gasteiger partial charge >= 0.3 is 0 Å². The van der Waals surface area contributed by atoms with Gasteiger partial charge < -0.3 is 0 Å². The van der Waals surface area contributed by atoms with Gasteiger partial charge in [-0.05, 0) is 229 Å². The molecule has 4 aliphatic carbocycles. The average Bonchev–Trinajstić information content (AvgIpc) is 1.44. The summed E-state index contributed by atoms with van der Waals surface area (Å²) in [4.78, 5) is 22.3. The maximum absolute atomic E-state index is 5.70. The minimum absolute atomic E-state index is 0.112. The molecule has 27 rings (SSSR count). The lowest BCUT2D eigenvalue weighted by atomic mass is 9.81. The number of hydrogen-bond donors (Lipinski definition) is 0. The zero-order chi connectivity index (χ0) is 92.6. The van der Waals surface area contributed by atoms with E-state index in [2.05, 4.69) is 501 Å². The van der Waals surface area contributed by atoms with Crippen LogP contribution in [0.15, 0.2) is 437 Å². The highest BCUT2D eigenvalue weighted by molar-refractivity contribution is 6.19. The van der Waals surface area contributed by atoms with Gasteiger partial charge in [0, 0.05) is 88.0 Å². The first-order chi connectivity index (χ1) is 67.5. The van der Waals surface area contributed by atoms with Crippen LogP contribution in [0.5, 0.6) is 0 Å². The number of pyridine rings is 2. The van der Waals surface area contributed by atoms with E-state index >= 15 is 0 Å². The van der Waals surface area contributed by atoms with E-state index in [-0.39, 0.29) is 21.7 Å². The third kappa shape index (κ3) is 12.8. The van der Waals surface area contributed by atoms with Gasteiger partial charge in [0.15, 0.2) is 0 Å². The van der Waals surface area contributed by atoms with E-state index in [0.29, 0.717) is 0 Å². The summed E-state index contributed by atoms with van der Waals surface area (Å²) < 4.78 is 4.63. The fourth-order valence-corrected chi connectivity index (χ4v) is 23.6. The molecular weight excluding hydrogens is 1670 g/mol. The van der Waals surface area contributed by atoms with E-state index in [1.807, 2.05) is 0 Å². The maximum Gasteiger partial charge on any atom is 0.145 e. The van der Waals surface area contributed by atoms with Crippen molar-refractivity contribution in [1.82, 2.24) is 29.1 Å². The Morgan fingerprint density at radius 3 is 0.913 bits per heavy atom. The second-order valence-electron chi connectivity index (χ2n) is 39.9. The van der Waals surface area contributed by atoms with Gasteiger partial charge in [-0.15, -0.1) is 0 Å². The van der Waals surface area contributed by atoms with E-state index in [9.17, 15) is 0 Å². The highest BCUT2D eigenvalue weighted by Crippen LogP contribution is 2.57. The van der Waals surface area contributed by atoms with Crippen LogP contribution in [0.3, 0.4) is 0 Å². The lowest BCUT2D eigenvalue weighted by Gasteiger charge is -2.22. The Hall–Kier alpha value is -16.8. The molecule has 138 heavy (non-hydrogen) atoms. The summed E-state index contributed by atoms with van der Waals surface area (Å²) in [5.41, 5.74) is 46.8. The Labute approximate surface area is 804 Å². The van der Waals surface area contributed by atoms with Crippen molar-refractivity contribution in [3.63, 3.8) is 0 Å². The fourth-order valence-electron chi connectivity index (χ4n) is 23.6. The van der Waals surface area contributed by atoms with Crippen molar-refractivity contribution in [2.24, 2.45) is 0 Å². The number of benzene rings is 19. The van der Waals surface area contributed by atoms with Crippen molar-refractivity contribution in [3.05, 3.63) is 481 Å². The molecule has 4 aliphatic rings. The lowest BCUT2D eigenvalue weighted by Crippen LogP contribution is -2.15. The van der Waals surface area contributed by atoms with Crippen LogP contribution in [-0.4, -0.2) is 29.1 Å². The number of hydrogen-bond acceptors (Lipinski definition) is 4. The molecule has 4 heterocycles. The van der Waals surface area contributed by atoms with Crippen molar-refractivity contribution < 1.29 is 0 Å². The van der Waals surface area contributed by atoms with Crippen molar-refractivity contribution in [2.45, 2.75) is 77.0 Å². The molecule has 0 saturated heterocycles. The van der Waals surface area contributed by atoms with Crippen molar-refractivity contribution in [3.8, 4) is 168 Å². The van der Waals surface area contributed by atoms with Crippen LogP contribution in [0.4, 0.5) is 0 Å². The number of aromatic nitrogens is 6. The molecule has 0 N–H and O–H groups in total. The van der Waals surface area contributed by atoms with Crippen molar-refractivity contribution >= 4 is 54.4 Å². The largest absolute Gasteiger partial charge is 0.292 e.